The van der Waals surface area contributed by atoms with E-state index in [4.69, 9.17) is 6.42 Å². The summed E-state index contributed by atoms with van der Waals surface area (Å²) in [6, 6.07) is 0. The maximum absolute atomic E-state index is 11.0. The Balaban J connectivity index is 1.76. The summed E-state index contributed by atoms with van der Waals surface area (Å²) in [5.74, 6) is 2.83. The lowest BCUT2D eigenvalue weighted by Gasteiger charge is -2.58. The highest BCUT2D eigenvalue weighted by Crippen LogP contribution is 2.66. The van der Waals surface area contributed by atoms with Crippen molar-refractivity contribution in [2.75, 3.05) is 0 Å². The zero-order valence-corrected chi connectivity index (χ0v) is 15.2. The molecule has 0 aliphatic heterocycles. The van der Waals surface area contributed by atoms with Crippen molar-refractivity contribution < 1.29 is 20.4 Å². The molecule has 4 aliphatic rings. The minimum atomic E-state index is -1.67. The van der Waals surface area contributed by atoms with Crippen molar-refractivity contribution in [1.29, 1.82) is 0 Å². The van der Waals surface area contributed by atoms with Gasteiger partial charge in [-0.2, -0.15) is 0 Å². The lowest BCUT2D eigenvalue weighted by atomic mass is 9.47. The van der Waals surface area contributed by atoms with Gasteiger partial charge in [-0.1, -0.05) is 31.4 Å². The lowest BCUT2D eigenvalue weighted by molar-refractivity contribution is -0.118. The molecule has 0 spiro atoms. The number of aliphatic hydroxyl groups excluding tert-OH is 3. The third-order valence-electron chi connectivity index (χ3n) is 8.54. The molecule has 0 heterocycles. The second-order valence-electron chi connectivity index (χ2n) is 9.38. The molecule has 138 valence electrons. The number of aliphatic hydroxyl groups is 4. The van der Waals surface area contributed by atoms with Crippen molar-refractivity contribution in [1.82, 2.24) is 0 Å². The average molecular weight is 346 g/mol. The van der Waals surface area contributed by atoms with E-state index in [1.54, 1.807) is 0 Å². The molecule has 4 nitrogen and oxygen atoms in total. The Hall–Kier alpha value is -0.860. The fraction of sp³-hybridized carbons (Fsp3) is 0.810. The molecule has 0 amide bonds. The maximum atomic E-state index is 11.0. The molecule has 4 heteroatoms. The van der Waals surface area contributed by atoms with Crippen molar-refractivity contribution in [2.45, 2.75) is 76.3 Å². The molecule has 4 N–H and O–H groups in total. The molecule has 4 rings (SSSR count). The zero-order valence-electron chi connectivity index (χ0n) is 15.2. The minimum Gasteiger partial charge on any atom is -0.393 e. The molecule has 0 aromatic carbocycles. The first-order valence-corrected chi connectivity index (χ1v) is 9.63. The summed E-state index contributed by atoms with van der Waals surface area (Å²) >= 11 is 0. The number of rotatable bonds is 0. The quantitative estimate of drug-likeness (QED) is 0.397. The van der Waals surface area contributed by atoms with Crippen molar-refractivity contribution >= 4 is 0 Å². The van der Waals surface area contributed by atoms with Gasteiger partial charge in [0.25, 0.3) is 0 Å². The van der Waals surface area contributed by atoms with Crippen LogP contribution in [0.5, 0.6) is 0 Å². The van der Waals surface area contributed by atoms with Gasteiger partial charge in [0.15, 0.2) is 5.60 Å². The number of hydrogen-bond donors (Lipinski definition) is 4. The predicted octanol–water partition coefficient (Wildman–Crippen LogP) is 1.62. The van der Waals surface area contributed by atoms with Crippen LogP contribution in [0, 0.1) is 40.9 Å². The van der Waals surface area contributed by atoms with E-state index < -0.39 is 23.2 Å². The maximum Gasteiger partial charge on any atom is 0.159 e. The Morgan fingerprint density at radius 3 is 2.56 bits per heavy atom. The minimum absolute atomic E-state index is 0.0466. The van der Waals surface area contributed by atoms with E-state index in [0.717, 1.165) is 32.1 Å². The van der Waals surface area contributed by atoms with Crippen molar-refractivity contribution in [2.24, 2.45) is 28.6 Å². The van der Waals surface area contributed by atoms with Crippen LogP contribution in [0.25, 0.3) is 0 Å². The predicted molar refractivity (Wildman–Crippen MR) is 94.3 cm³/mol. The number of fused-ring (bicyclic) bond motifs is 5. The van der Waals surface area contributed by atoms with Crippen molar-refractivity contribution in [3.05, 3.63) is 11.6 Å². The van der Waals surface area contributed by atoms with Crippen molar-refractivity contribution in [3.63, 3.8) is 0 Å². The smallest absolute Gasteiger partial charge is 0.159 e. The Morgan fingerprint density at radius 2 is 1.88 bits per heavy atom. The number of allylic oxidation sites excluding steroid dienone is 1. The number of terminal acetylenes is 1. The summed E-state index contributed by atoms with van der Waals surface area (Å²) in [7, 11) is 0. The van der Waals surface area contributed by atoms with Gasteiger partial charge >= 0.3 is 0 Å². The topological polar surface area (TPSA) is 80.9 Å². The monoisotopic (exact) mass is 346 g/mol. The first kappa shape index (κ1) is 17.5. The van der Waals surface area contributed by atoms with Gasteiger partial charge in [-0.25, -0.2) is 0 Å². The third kappa shape index (κ3) is 1.99. The molecule has 4 unspecified atom stereocenters. The molecule has 25 heavy (non-hydrogen) atoms. The molecule has 3 fully saturated rings. The van der Waals surface area contributed by atoms with Gasteiger partial charge in [-0.3, -0.25) is 0 Å². The lowest BCUT2D eigenvalue weighted by Crippen LogP contribution is -2.56. The van der Waals surface area contributed by atoms with E-state index in [9.17, 15) is 20.4 Å². The van der Waals surface area contributed by atoms with E-state index in [0.29, 0.717) is 12.3 Å². The Kier molecular flexibility index (Phi) is 3.74. The highest BCUT2D eigenvalue weighted by Gasteiger charge is 2.70. The summed E-state index contributed by atoms with van der Waals surface area (Å²) in [5.41, 5.74) is -0.936. The summed E-state index contributed by atoms with van der Waals surface area (Å²) < 4.78 is 0. The summed E-state index contributed by atoms with van der Waals surface area (Å²) in [4.78, 5) is 0. The second-order valence-corrected chi connectivity index (χ2v) is 9.38. The highest BCUT2D eigenvalue weighted by molar-refractivity contribution is 5.32. The van der Waals surface area contributed by atoms with Crippen LogP contribution < -0.4 is 0 Å². The van der Waals surface area contributed by atoms with Crippen LogP contribution >= 0.6 is 0 Å². The Labute approximate surface area is 150 Å². The van der Waals surface area contributed by atoms with Crippen LogP contribution in [0.15, 0.2) is 11.6 Å². The molecule has 4 aliphatic carbocycles. The van der Waals surface area contributed by atoms with E-state index in [1.807, 2.05) is 6.92 Å². The van der Waals surface area contributed by atoms with Crippen molar-refractivity contribution in [3.8, 4) is 12.3 Å². The van der Waals surface area contributed by atoms with E-state index in [-0.39, 0.29) is 23.4 Å². The van der Waals surface area contributed by atoms with Gasteiger partial charge in [0, 0.05) is 11.3 Å². The Morgan fingerprint density at radius 1 is 1.16 bits per heavy atom. The summed E-state index contributed by atoms with van der Waals surface area (Å²) in [5, 5.41) is 42.4. The molecule has 0 radical (unpaired) electrons. The first-order valence-electron chi connectivity index (χ1n) is 9.63. The molecule has 0 aromatic heterocycles. The molecule has 0 saturated heterocycles. The van der Waals surface area contributed by atoms with Gasteiger partial charge in [0.05, 0.1) is 12.2 Å². The van der Waals surface area contributed by atoms with E-state index in [1.165, 1.54) is 5.57 Å². The van der Waals surface area contributed by atoms with Crippen LogP contribution in [0.3, 0.4) is 0 Å². The highest BCUT2D eigenvalue weighted by atomic mass is 16.4. The van der Waals surface area contributed by atoms with Crippen LogP contribution in [0.1, 0.15) is 52.4 Å². The standard InChI is InChI=1S/C21H30O4/c1-4-21(25)18(24)17(23)16-14-6-5-12-11-13(22)7-9-19(12,2)15(14)8-10-20(16,21)3/h1,5,13-18,22-25H,6-11H2,2-3H3/t13-,14?,15?,16?,17?,18-,19-,20-,21-/m0/s1. The third-order valence-corrected chi connectivity index (χ3v) is 8.54. The van der Waals surface area contributed by atoms with Crippen LogP contribution in [0.4, 0.5) is 0 Å². The molecule has 9 atom stereocenters. The fourth-order valence-electron chi connectivity index (χ4n) is 7.00. The molecule has 0 bridgehead atoms. The fourth-order valence-corrected chi connectivity index (χ4v) is 7.00. The van der Waals surface area contributed by atoms with Crippen LogP contribution in [0.2, 0.25) is 0 Å². The number of hydrogen-bond acceptors (Lipinski definition) is 4. The van der Waals surface area contributed by atoms with Crippen LogP contribution in [-0.2, 0) is 0 Å². The van der Waals surface area contributed by atoms with Crippen LogP contribution in [-0.4, -0.2) is 44.3 Å². The van der Waals surface area contributed by atoms with E-state index in [2.05, 4.69) is 18.9 Å². The van der Waals surface area contributed by atoms with E-state index >= 15 is 0 Å². The van der Waals surface area contributed by atoms with Gasteiger partial charge < -0.3 is 20.4 Å². The largest absolute Gasteiger partial charge is 0.393 e. The SMILES string of the molecule is C#C[C@]1(O)[C@@H](O)C(O)C2C3CC=C4C[C@@H](O)CC[C@]4(C)C3CC[C@@]21C. The zero-order chi connectivity index (χ0) is 18.2. The molecular weight excluding hydrogens is 316 g/mol. The van der Waals surface area contributed by atoms with Gasteiger partial charge in [0.1, 0.15) is 6.10 Å². The second kappa shape index (κ2) is 5.33. The molecule has 3 saturated carbocycles. The molecule has 0 aromatic rings. The van der Waals surface area contributed by atoms with Gasteiger partial charge in [-0.05, 0) is 55.8 Å². The van der Waals surface area contributed by atoms with Gasteiger partial charge in [-0.15, -0.1) is 6.42 Å². The first-order chi connectivity index (χ1) is 11.7. The summed E-state index contributed by atoms with van der Waals surface area (Å²) in [6.07, 6.45) is 10.3. The normalized spacial score (nSPS) is 57.7. The summed E-state index contributed by atoms with van der Waals surface area (Å²) in [6.45, 7) is 4.24. The van der Waals surface area contributed by atoms with Gasteiger partial charge in [0.2, 0.25) is 0 Å². The molecular formula is C21H30O4. The average Bonchev–Trinajstić information content (AvgIpc) is 2.74. The Bertz CT molecular complexity index is 651.